The number of aromatic nitrogens is 9. The largest absolute Gasteiger partial charge is 0.419 e. The van der Waals surface area contributed by atoms with Crippen molar-refractivity contribution in [2.45, 2.75) is 114 Å². The lowest BCUT2D eigenvalue weighted by Crippen LogP contribution is -2.56. The molecule has 0 saturated carbocycles. The predicted molar refractivity (Wildman–Crippen MR) is 443 cm³/mol. The number of hydrogen-bond donors (Lipinski definition) is 0. The van der Waals surface area contributed by atoms with E-state index in [1.165, 1.54) is 81.0 Å². The molecule has 12 aromatic rings. The van der Waals surface area contributed by atoms with Crippen molar-refractivity contribution in [1.29, 1.82) is 0 Å². The van der Waals surface area contributed by atoms with Crippen molar-refractivity contribution in [3.8, 4) is 51.0 Å². The topological polar surface area (TPSA) is 214 Å². The SMILES string of the molecule is Cc1ccc(-c2cc(C(=O)N3CCC4(CC3)C(=O)CCN4c3ccc(F)cc3)nn2-c2ccc(C(F)(F)F)c(F)c2)c(C)n1.Cc1ccc(-c2cc(C(=O)N3CCC4(CC3)C(=O)CCN4c3ccc(F)cc3)nn2-c2ccc(C(F)(F)F)c(F)c2)cn1.O=C(c1cc(-c2ccccn2)n(-c2ccc(C(F)(F)F)c(F)c2)n1)N1CCC2(CC1)C(=O)CCN2c1ccc(F)cc1. The monoisotopic (exact) mass is 1790 g/mol. The lowest BCUT2D eigenvalue weighted by atomic mass is 9.83. The van der Waals surface area contributed by atoms with Crippen LogP contribution in [0.15, 0.2) is 200 Å². The first-order valence-corrected chi connectivity index (χ1v) is 41.2. The summed E-state index contributed by atoms with van der Waals surface area (Å²) in [6, 6.07) is 41.9. The smallest absolute Gasteiger partial charge is 0.358 e. The Morgan fingerprint density at radius 2 is 0.682 bits per heavy atom. The van der Waals surface area contributed by atoms with Crippen molar-refractivity contribution in [1.82, 2.24) is 59.0 Å². The Balaban J connectivity index is 0.000000142. The third-order valence-corrected chi connectivity index (χ3v) is 24.8. The molecule has 36 heteroatoms. The molecule has 6 aliphatic heterocycles. The molecule has 3 spiro atoms. The molecule has 666 valence electrons. The van der Waals surface area contributed by atoms with Gasteiger partial charge in [-0.3, -0.25) is 43.7 Å². The quantitative estimate of drug-likeness (QED) is 0.104. The average molecular weight is 1790 g/mol. The van der Waals surface area contributed by atoms with Crippen molar-refractivity contribution >= 4 is 52.1 Å². The van der Waals surface area contributed by atoms with Crippen LogP contribution in [0.1, 0.15) is 123 Å². The molecule has 129 heavy (non-hydrogen) atoms. The van der Waals surface area contributed by atoms with E-state index in [-0.39, 0.29) is 108 Å². The van der Waals surface area contributed by atoms with Crippen LogP contribution < -0.4 is 14.7 Å². The van der Waals surface area contributed by atoms with Gasteiger partial charge in [-0.15, -0.1) is 0 Å². The first-order chi connectivity index (χ1) is 61.4. The number of pyridine rings is 3. The number of amides is 3. The summed E-state index contributed by atoms with van der Waals surface area (Å²) in [5.74, 6) is -6.58. The molecule has 21 nitrogen and oxygen atoms in total. The average Bonchev–Trinajstić information content (AvgIpc) is 1.62. The fourth-order valence-electron chi connectivity index (χ4n) is 18.1. The summed E-state index contributed by atoms with van der Waals surface area (Å²) >= 11 is 0. The Labute approximate surface area is 727 Å². The van der Waals surface area contributed by atoms with Gasteiger partial charge < -0.3 is 29.4 Å². The molecule has 6 saturated heterocycles. The van der Waals surface area contributed by atoms with Crippen LogP contribution in [0.5, 0.6) is 0 Å². The fourth-order valence-corrected chi connectivity index (χ4v) is 18.1. The summed E-state index contributed by atoms with van der Waals surface area (Å²) in [4.78, 5) is 104. The number of halogens is 15. The molecule has 0 unspecified atom stereocenters. The Morgan fingerprint density at radius 1 is 0.349 bits per heavy atom. The van der Waals surface area contributed by atoms with Crippen molar-refractivity contribution < 1.29 is 94.6 Å². The maximum absolute atomic E-state index is 14.6. The number of rotatable bonds is 12. The second-order valence-electron chi connectivity index (χ2n) is 32.3. The molecular formula is C93H78F15N15O6. The third kappa shape index (κ3) is 17.4. The van der Waals surface area contributed by atoms with E-state index in [9.17, 15) is 94.6 Å². The summed E-state index contributed by atoms with van der Waals surface area (Å²) < 4.78 is 207. The number of ketones is 3. The highest BCUT2D eigenvalue weighted by Crippen LogP contribution is 2.46. The van der Waals surface area contributed by atoms with Crippen LogP contribution in [0.25, 0.3) is 51.0 Å². The molecule has 6 aromatic carbocycles. The van der Waals surface area contributed by atoms with Crippen LogP contribution in [0.3, 0.4) is 0 Å². The van der Waals surface area contributed by atoms with Gasteiger partial charge in [0.05, 0.1) is 56.5 Å². The molecule has 0 aliphatic carbocycles. The van der Waals surface area contributed by atoms with Crippen LogP contribution in [-0.2, 0) is 32.9 Å². The van der Waals surface area contributed by atoms with E-state index >= 15 is 0 Å². The van der Waals surface area contributed by atoms with Crippen LogP contribution in [-0.4, -0.2) is 170 Å². The first-order valence-electron chi connectivity index (χ1n) is 41.2. The van der Waals surface area contributed by atoms with E-state index in [4.69, 9.17) is 0 Å². The third-order valence-electron chi connectivity index (χ3n) is 24.8. The zero-order chi connectivity index (χ0) is 91.6. The highest BCUT2D eigenvalue weighted by atomic mass is 19.4. The number of piperidine rings is 3. The van der Waals surface area contributed by atoms with E-state index in [2.05, 4.69) is 30.2 Å². The molecule has 6 fully saturated rings. The van der Waals surface area contributed by atoms with Gasteiger partial charge in [-0.25, -0.2) is 40.4 Å². The van der Waals surface area contributed by atoms with Crippen LogP contribution in [0.2, 0.25) is 0 Å². The second kappa shape index (κ2) is 34.7. The van der Waals surface area contributed by atoms with E-state index in [1.807, 2.05) is 21.6 Å². The van der Waals surface area contributed by atoms with Gasteiger partial charge in [0.2, 0.25) is 0 Å². The van der Waals surface area contributed by atoms with E-state index in [1.54, 1.807) is 107 Å². The van der Waals surface area contributed by atoms with Crippen molar-refractivity contribution in [3.05, 3.63) is 286 Å². The number of Topliss-reactive ketones (excluding diaryl/α,β-unsaturated/α-hetero) is 3. The number of anilines is 3. The number of carbonyl (C=O) groups is 6. The molecule has 3 amide bonds. The molecule has 0 N–H and O–H groups in total. The normalized spacial score (nSPS) is 16.7. The van der Waals surface area contributed by atoms with Crippen molar-refractivity contribution in [2.24, 2.45) is 0 Å². The number of nitrogens with zero attached hydrogens (tertiary/aromatic N) is 15. The predicted octanol–water partition coefficient (Wildman–Crippen LogP) is 18.0. The molecule has 6 aliphatic rings. The number of benzene rings is 6. The Bertz CT molecular complexity index is 6300. The lowest BCUT2D eigenvalue weighted by Gasteiger charge is -2.44. The maximum Gasteiger partial charge on any atom is 0.419 e. The fraction of sp³-hybridized carbons (Fsp3) is 0.290. The molecule has 0 atom stereocenters. The van der Waals surface area contributed by atoms with Crippen LogP contribution in [0.4, 0.5) is 82.9 Å². The van der Waals surface area contributed by atoms with Gasteiger partial charge in [-0.1, -0.05) is 6.07 Å². The van der Waals surface area contributed by atoms with Crippen LogP contribution >= 0.6 is 0 Å². The van der Waals surface area contributed by atoms with Gasteiger partial charge in [-0.2, -0.15) is 54.8 Å². The summed E-state index contributed by atoms with van der Waals surface area (Å²) in [5.41, 5.74) is 0.181. The summed E-state index contributed by atoms with van der Waals surface area (Å²) in [6.45, 7) is 8.38. The van der Waals surface area contributed by atoms with E-state index in [0.717, 1.165) is 64.8 Å². The number of alkyl halides is 9. The maximum atomic E-state index is 14.6. The lowest BCUT2D eigenvalue weighted by molar-refractivity contribution is -0.140. The zero-order valence-electron chi connectivity index (χ0n) is 69.1. The Morgan fingerprint density at radius 3 is 1.01 bits per heavy atom. The Hall–Kier alpha value is -13.8. The molecule has 12 heterocycles. The molecule has 0 bridgehead atoms. The highest BCUT2D eigenvalue weighted by molar-refractivity contribution is 6.00. The molecule has 0 radical (unpaired) electrons. The van der Waals surface area contributed by atoms with Crippen molar-refractivity contribution in [2.75, 3.05) is 73.6 Å². The Kier molecular flexibility index (Phi) is 23.9. The van der Waals surface area contributed by atoms with Crippen LogP contribution in [0, 0.1) is 55.7 Å². The standard InChI is InChI=1S/C32H28F5N5O2.C31H26F5N5O2.C30H24F5N5O2/c1-19-3-9-24(20(2)38-19)28-18-27(39-42(28)23-8-10-25(26(34)17-23)32(35,36)37)30(44)40-15-12-31(13-16-40)29(43)11-14-41(31)22-6-4-21(33)5-7-22;1-19-2-3-20(18-37-19)27-17-26(38-41(27)23-8-9-24(25(33)16-23)31(34,35)36)29(43)39-14-11-30(12-15-39)28(42)10-13-40(30)22-6-4-21(32)5-7-22;31-19-4-6-20(7-5-19)39-14-10-27(41)29(39)11-15-38(16-12-29)28(42)25-18-26(24-3-1-2-13-36-24)40(37-25)21-8-9-22(23(32)17-21)30(33,34)35/h3-10,17-18H,11-16H2,1-2H3;2-9,16-18H,10-15H2,1H3;1-9,13,17-18H,10-12,14-16H2. The zero-order valence-corrected chi connectivity index (χ0v) is 69.1. The summed E-state index contributed by atoms with van der Waals surface area (Å²) in [6.07, 6.45) is -8.27. The van der Waals surface area contributed by atoms with Gasteiger partial charge in [0.1, 0.15) is 51.5 Å². The van der Waals surface area contributed by atoms with E-state index in [0.29, 0.717) is 135 Å². The minimum Gasteiger partial charge on any atom is -0.358 e. The summed E-state index contributed by atoms with van der Waals surface area (Å²) in [5, 5.41) is 13.2. The number of carbonyl (C=O) groups excluding carboxylic acids is 6. The minimum absolute atomic E-state index is 0.0000447. The van der Waals surface area contributed by atoms with Crippen molar-refractivity contribution in [3.63, 3.8) is 0 Å². The number of likely N-dealkylation sites (tertiary alicyclic amines) is 3. The van der Waals surface area contributed by atoms with Gasteiger partial charge >= 0.3 is 18.5 Å². The first kappa shape index (κ1) is 88.6. The summed E-state index contributed by atoms with van der Waals surface area (Å²) in [7, 11) is 0. The molecule has 18 rings (SSSR count). The molecular weight excluding hydrogens is 1710 g/mol. The molecule has 6 aromatic heterocycles. The number of aryl methyl sites for hydroxylation is 3. The van der Waals surface area contributed by atoms with Gasteiger partial charge in [0, 0.05) is 154 Å². The van der Waals surface area contributed by atoms with Gasteiger partial charge in [-0.05, 0) is 223 Å². The van der Waals surface area contributed by atoms with E-state index < -0.39 is 87.0 Å². The number of hydrogen-bond acceptors (Lipinski definition) is 15. The van der Waals surface area contributed by atoms with Gasteiger partial charge in [0.25, 0.3) is 17.7 Å². The van der Waals surface area contributed by atoms with Gasteiger partial charge in [0.15, 0.2) is 34.4 Å². The highest BCUT2D eigenvalue weighted by Gasteiger charge is 2.54. The second-order valence-corrected chi connectivity index (χ2v) is 32.3. The minimum atomic E-state index is -4.87.